The molecule has 8 heteroatoms. The maximum absolute atomic E-state index is 12.3. The quantitative estimate of drug-likeness (QED) is 0.584. The Hall–Kier alpha value is -2.97. The van der Waals surface area contributed by atoms with Crippen LogP contribution in [0.15, 0.2) is 36.5 Å². The molecule has 0 fully saturated rings. The van der Waals surface area contributed by atoms with Crippen molar-refractivity contribution in [2.24, 2.45) is 0 Å². The Morgan fingerprint density at radius 3 is 2.52 bits per heavy atom. The molecule has 0 unspecified atom stereocenters. The Kier molecular flexibility index (Phi) is 4.89. The Morgan fingerprint density at radius 1 is 1.22 bits per heavy atom. The average Bonchev–Trinajstić information content (AvgIpc) is 2.55. The van der Waals surface area contributed by atoms with E-state index in [2.05, 4.69) is 15.0 Å². The summed E-state index contributed by atoms with van der Waals surface area (Å²) < 4.78 is 4.55. The zero-order valence-electron chi connectivity index (χ0n) is 12.5. The van der Waals surface area contributed by atoms with Gasteiger partial charge in [0.25, 0.3) is 5.91 Å². The van der Waals surface area contributed by atoms with Crippen LogP contribution in [0.4, 0.5) is 11.5 Å². The molecule has 2 rings (SSSR count). The molecule has 1 aromatic carbocycles. The number of amides is 1. The van der Waals surface area contributed by atoms with Gasteiger partial charge >= 0.3 is 5.97 Å². The summed E-state index contributed by atoms with van der Waals surface area (Å²) in [6.45, 7) is 1.86. The number of carbonyl (C=O) groups is 2. The van der Waals surface area contributed by atoms with E-state index in [0.717, 1.165) is 11.6 Å². The van der Waals surface area contributed by atoms with Gasteiger partial charge < -0.3 is 10.1 Å². The molecule has 8 nitrogen and oxygen atoms in total. The van der Waals surface area contributed by atoms with Crippen LogP contribution in [-0.2, 0) is 4.74 Å². The first kappa shape index (κ1) is 16.4. The molecular weight excluding hydrogens is 302 g/mol. The van der Waals surface area contributed by atoms with Gasteiger partial charge in [-0.1, -0.05) is 6.07 Å². The largest absolute Gasteiger partial charge is 0.465 e. The highest BCUT2D eigenvalue weighted by Crippen LogP contribution is 2.22. The van der Waals surface area contributed by atoms with Crippen molar-refractivity contribution in [2.45, 2.75) is 6.92 Å². The van der Waals surface area contributed by atoms with E-state index in [1.54, 1.807) is 18.3 Å². The lowest BCUT2D eigenvalue weighted by Crippen LogP contribution is -2.20. The Bertz CT molecular complexity index is 728. The van der Waals surface area contributed by atoms with Gasteiger partial charge in [-0.05, 0) is 36.8 Å². The molecule has 0 aliphatic heterocycles. The molecule has 1 heterocycles. The van der Waals surface area contributed by atoms with Crippen LogP contribution < -0.4 is 10.5 Å². The number of aryl methyl sites for hydroxylation is 1. The number of nitrogens with one attached hydrogen (secondary N) is 1. The normalized spacial score (nSPS) is 10.1. The molecule has 23 heavy (non-hydrogen) atoms. The zero-order valence-corrected chi connectivity index (χ0v) is 12.5. The Morgan fingerprint density at radius 2 is 1.96 bits per heavy atom. The molecule has 0 saturated carbocycles. The van der Waals surface area contributed by atoms with E-state index >= 15 is 0 Å². The second-order valence-electron chi connectivity index (χ2n) is 4.69. The number of nitrogens with zero attached hydrogens (tertiary/aromatic N) is 2. The third kappa shape index (κ3) is 3.82. The van der Waals surface area contributed by atoms with E-state index in [-0.39, 0.29) is 22.0 Å². The maximum Gasteiger partial charge on any atom is 0.337 e. The van der Waals surface area contributed by atoms with E-state index in [4.69, 9.17) is 0 Å². The fourth-order valence-corrected chi connectivity index (χ4v) is 1.86. The molecule has 120 valence electrons. The van der Waals surface area contributed by atoms with Crippen molar-refractivity contribution in [2.75, 3.05) is 17.7 Å². The lowest BCUT2D eigenvalue weighted by Gasteiger charge is -2.14. The Balaban J connectivity index is 2.32. The minimum atomic E-state index is -0.666. The molecule has 0 spiro atoms. The number of hydrogen-bond donors (Lipinski definition) is 3. The number of hydrogen-bond acceptors (Lipinski definition) is 7. The highest BCUT2D eigenvalue weighted by Gasteiger charge is 2.18. The summed E-state index contributed by atoms with van der Waals surface area (Å²) in [4.78, 5) is 27.8. The van der Waals surface area contributed by atoms with Crippen LogP contribution in [0.25, 0.3) is 0 Å². The molecule has 0 atom stereocenters. The predicted octanol–water partition coefficient (Wildman–Crippen LogP) is 2.01. The third-order valence-electron chi connectivity index (χ3n) is 3.03. The van der Waals surface area contributed by atoms with Gasteiger partial charge in [0.1, 0.15) is 11.5 Å². The van der Waals surface area contributed by atoms with Gasteiger partial charge in [-0.2, -0.15) is 0 Å². The first-order valence-corrected chi connectivity index (χ1v) is 6.56. The summed E-state index contributed by atoms with van der Waals surface area (Å²) in [6.07, 6.45) is 1.58. The van der Waals surface area contributed by atoms with Crippen LogP contribution in [0, 0.1) is 6.92 Å². The lowest BCUT2D eigenvalue weighted by atomic mass is 10.1. The van der Waals surface area contributed by atoms with Gasteiger partial charge in [-0.25, -0.2) is 9.78 Å². The first-order chi connectivity index (χ1) is 10.9. The number of benzene rings is 1. The first-order valence-electron chi connectivity index (χ1n) is 6.56. The van der Waals surface area contributed by atoms with Gasteiger partial charge in [0, 0.05) is 6.20 Å². The second-order valence-corrected chi connectivity index (χ2v) is 4.69. The van der Waals surface area contributed by atoms with Crippen molar-refractivity contribution < 1.29 is 24.7 Å². The molecule has 3 N–H and O–H groups in total. The number of carbonyl (C=O) groups excluding carboxylic acids is 2. The van der Waals surface area contributed by atoms with Crippen molar-refractivity contribution in [3.63, 3.8) is 0 Å². The highest BCUT2D eigenvalue weighted by atomic mass is 16.8. The standard InChI is InChI=1S/C15H15N3O5/c1-9-3-6-13(16-8-9)17-14(19)11-5-4-10(15(20)23-2)7-12(11)18(21)22/h3-8,21-22H,1-2H3,(H,16,17,19). The van der Waals surface area contributed by atoms with E-state index < -0.39 is 11.9 Å². The van der Waals surface area contributed by atoms with E-state index in [0.29, 0.717) is 5.82 Å². The van der Waals surface area contributed by atoms with Crippen molar-refractivity contribution in [1.82, 2.24) is 4.98 Å². The summed E-state index contributed by atoms with van der Waals surface area (Å²) in [5.41, 5.74) is 0.686. The molecule has 0 saturated heterocycles. The van der Waals surface area contributed by atoms with Crippen LogP contribution >= 0.6 is 0 Å². The van der Waals surface area contributed by atoms with Crippen molar-refractivity contribution >= 4 is 23.4 Å². The molecule has 2 aromatic rings. The van der Waals surface area contributed by atoms with Crippen LogP contribution in [0.2, 0.25) is 0 Å². The van der Waals surface area contributed by atoms with Gasteiger partial charge in [-0.15, -0.1) is 5.23 Å². The van der Waals surface area contributed by atoms with E-state index in [1.807, 2.05) is 6.92 Å². The molecule has 1 amide bonds. The number of aromatic nitrogens is 1. The van der Waals surface area contributed by atoms with Gasteiger partial charge in [-0.3, -0.25) is 15.2 Å². The van der Waals surface area contributed by atoms with Gasteiger partial charge in [0.15, 0.2) is 0 Å². The topological polar surface area (TPSA) is 112 Å². The number of esters is 1. The van der Waals surface area contributed by atoms with Crippen molar-refractivity contribution in [1.29, 1.82) is 0 Å². The molecule has 0 aliphatic carbocycles. The third-order valence-corrected chi connectivity index (χ3v) is 3.03. The monoisotopic (exact) mass is 317 g/mol. The fourth-order valence-electron chi connectivity index (χ4n) is 1.86. The number of ether oxygens (including phenoxy) is 1. The number of rotatable bonds is 4. The number of anilines is 2. The summed E-state index contributed by atoms with van der Waals surface area (Å²) in [5.74, 6) is -0.966. The lowest BCUT2D eigenvalue weighted by molar-refractivity contribution is 0.0285. The summed E-state index contributed by atoms with van der Waals surface area (Å²) in [7, 11) is 1.20. The average molecular weight is 317 g/mol. The maximum atomic E-state index is 12.3. The van der Waals surface area contributed by atoms with Gasteiger partial charge in [0.2, 0.25) is 0 Å². The zero-order chi connectivity index (χ0) is 17.0. The van der Waals surface area contributed by atoms with Crippen molar-refractivity contribution in [3.05, 3.63) is 53.2 Å². The van der Waals surface area contributed by atoms with Crippen LogP contribution in [0.3, 0.4) is 0 Å². The van der Waals surface area contributed by atoms with Crippen LogP contribution in [0.1, 0.15) is 26.3 Å². The molecule has 0 aliphatic rings. The summed E-state index contributed by atoms with van der Waals surface area (Å²) in [6, 6.07) is 7.14. The minimum absolute atomic E-state index is 0.0509. The molecule has 0 bridgehead atoms. The second kappa shape index (κ2) is 6.86. The van der Waals surface area contributed by atoms with Gasteiger partial charge in [0.05, 0.1) is 18.2 Å². The van der Waals surface area contributed by atoms with E-state index in [9.17, 15) is 20.0 Å². The number of pyridine rings is 1. The molecule has 1 aromatic heterocycles. The molecule has 0 radical (unpaired) electrons. The molecular formula is C15H15N3O5. The smallest absolute Gasteiger partial charge is 0.337 e. The number of methoxy groups -OCH3 is 1. The van der Waals surface area contributed by atoms with Crippen LogP contribution in [0.5, 0.6) is 0 Å². The minimum Gasteiger partial charge on any atom is -0.465 e. The summed E-state index contributed by atoms with van der Waals surface area (Å²) >= 11 is 0. The highest BCUT2D eigenvalue weighted by molar-refractivity contribution is 6.08. The van der Waals surface area contributed by atoms with Crippen molar-refractivity contribution in [3.8, 4) is 0 Å². The predicted molar refractivity (Wildman–Crippen MR) is 80.8 cm³/mol. The van der Waals surface area contributed by atoms with Crippen LogP contribution in [-0.4, -0.2) is 34.4 Å². The fraction of sp³-hybridized carbons (Fsp3) is 0.133. The Labute approximate surface area is 131 Å². The SMILES string of the molecule is COC(=O)c1ccc(C(=O)Nc2ccc(C)cn2)c(N(O)O)c1. The summed E-state index contributed by atoms with van der Waals surface area (Å²) in [5, 5.41) is 20.8. The van der Waals surface area contributed by atoms with E-state index in [1.165, 1.54) is 19.2 Å².